The molecule has 4 aromatic rings. The molecule has 0 saturated heterocycles. The van der Waals surface area contributed by atoms with Crippen LogP contribution < -0.4 is 9.47 Å². The summed E-state index contributed by atoms with van der Waals surface area (Å²) >= 11 is 0. The van der Waals surface area contributed by atoms with E-state index in [0.29, 0.717) is 23.2 Å². The molecule has 0 N–H and O–H groups in total. The number of benzene rings is 1. The number of aromatic nitrogens is 5. The monoisotopic (exact) mass is 452 g/mol. The first-order valence-corrected chi connectivity index (χ1v) is 9.83. The fraction of sp³-hybridized carbons (Fsp3) is 0.227. The Morgan fingerprint density at radius 2 is 1.79 bits per heavy atom. The Hall–Kier alpha value is -4.20. The Balaban J connectivity index is 1.61. The van der Waals surface area contributed by atoms with E-state index in [1.807, 2.05) is 0 Å². The Labute approximate surface area is 185 Å². The van der Waals surface area contributed by atoms with Crippen LogP contribution in [0, 0.1) is 28.9 Å². The highest BCUT2D eigenvalue weighted by molar-refractivity contribution is 5.68. The van der Waals surface area contributed by atoms with Crippen molar-refractivity contribution in [2.24, 2.45) is 0 Å². The average Bonchev–Trinajstić information content (AvgIpc) is 3.54. The molecule has 1 fully saturated rings. The van der Waals surface area contributed by atoms with Crippen LogP contribution in [0.1, 0.15) is 34.9 Å². The van der Waals surface area contributed by atoms with Gasteiger partial charge in [-0.2, -0.15) is 24.3 Å². The molecule has 0 aliphatic heterocycles. The molecule has 1 aromatic carbocycles. The Morgan fingerprint density at radius 1 is 1.00 bits per heavy atom. The number of imidazole rings is 1. The van der Waals surface area contributed by atoms with Crippen molar-refractivity contribution in [2.45, 2.75) is 18.3 Å². The second-order valence-electron chi connectivity index (χ2n) is 7.49. The molecule has 0 bridgehead atoms. The molecule has 166 valence electrons. The van der Waals surface area contributed by atoms with Gasteiger partial charge < -0.3 is 9.47 Å². The first kappa shape index (κ1) is 20.7. The highest BCUT2D eigenvalue weighted by atomic mass is 19.1. The Morgan fingerprint density at radius 3 is 2.52 bits per heavy atom. The van der Waals surface area contributed by atoms with E-state index >= 15 is 0 Å². The summed E-state index contributed by atoms with van der Waals surface area (Å²) in [4.78, 5) is 12.3. The van der Waals surface area contributed by atoms with Crippen LogP contribution in [0.25, 0.3) is 16.9 Å². The Kier molecular flexibility index (Phi) is 4.85. The molecular weight excluding hydrogens is 437 g/mol. The molecule has 11 heteroatoms. The number of methoxy groups -OCH3 is 2. The maximum absolute atomic E-state index is 14.6. The number of fused-ring (bicyclic) bond motifs is 1. The molecule has 1 saturated carbocycles. The minimum absolute atomic E-state index is 0.0892. The van der Waals surface area contributed by atoms with Crippen LogP contribution in [0.4, 0.5) is 13.2 Å². The summed E-state index contributed by atoms with van der Waals surface area (Å²) < 4.78 is 54.5. The van der Waals surface area contributed by atoms with E-state index in [2.05, 4.69) is 20.1 Å². The predicted molar refractivity (Wildman–Crippen MR) is 108 cm³/mol. The van der Waals surface area contributed by atoms with E-state index in [0.717, 1.165) is 22.8 Å². The number of nitrogens with zero attached hydrogens (tertiary/aromatic N) is 6. The first-order valence-electron chi connectivity index (χ1n) is 9.83. The molecule has 3 aromatic heterocycles. The zero-order chi connectivity index (χ0) is 23.3. The maximum atomic E-state index is 14.6. The molecule has 8 nitrogen and oxygen atoms in total. The van der Waals surface area contributed by atoms with Gasteiger partial charge in [-0.1, -0.05) is 0 Å². The van der Waals surface area contributed by atoms with E-state index < -0.39 is 17.6 Å². The van der Waals surface area contributed by atoms with Gasteiger partial charge in [-0.25, -0.2) is 18.7 Å². The second-order valence-corrected chi connectivity index (χ2v) is 7.49. The van der Waals surface area contributed by atoms with Gasteiger partial charge in [0.25, 0.3) is 0 Å². The van der Waals surface area contributed by atoms with Gasteiger partial charge in [-0.05, 0) is 42.0 Å². The normalized spacial score (nSPS) is 17.1. The third kappa shape index (κ3) is 3.40. The molecule has 2 atom stereocenters. The maximum Gasteiger partial charge on any atom is 0.319 e. The average molecular weight is 452 g/mol. The zero-order valence-electron chi connectivity index (χ0n) is 17.4. The Bertz CT molecular complexity index is 1450. The summed E-state index contributed by atoms with van der Waals surface area (Å²) in [5.74, 6) is -2.58. The molecule has 0 amide bonds. The molecule has 3 heterocycles. The van der Waals surface area contributed by atoms with E-state index in [1.165, 1.54) is 20.4 Å². The van der Waals surface area contributed by atoms with Gasteiger partial charge in [-0.3, -0.25) is 0 Å². The van der Waals surface area contributed by atoms with Crippen LogP contribution in [-0.2, 0) is 0 Å². The van der Waals surface area contributed by atoms with Crippen molar-refractivity contribution in [1.29, 1.82) is 5.26 Å². The number of halogens is 3. The first-order chi connectivity index (χ1) is 15.9. The largest absolute Gasteiger partial charge is 0.480 e. The minimum Gasteiger partial charge on any atom is -0.480 e. The van der Waals surface area contributed by atoms with Crippen molar-refractivity contribution in [3.05, 3.63) is 64.9 Å². The number of nitriles is 1. The van der Waals surface area contributed by atoms with Crippen molar-refractivity contribution >= 4 is 5.65 Å². The van der Waals surface area contributed by atoms with Crippen LogP contribution >= 0.6 is 0 Å². The van der Waals surface area contributed by atoms with E-state index in [-0.39, 0.29) is 40.5 Å². The number of rotatable bonds is 5. The molecule has 0 radical (unpaired) electrons. The SMILES string of the molecule is COc1ncc(-c2cc(C3C[C@@H]3c3cc(F)c(C#N)cc3F)c3ncc(F)n3n2)c(OC)n1. The van der Waals surface area contributed by atoms with Crippen molar-refractivity contribution in [2.75, 3.05) is 14.2 Å². The summed E-state index contributed by atoms with van der Waals surface area (Å²) in [7, 11) is 2.83. The van der Waals surface area contributed by atoms with Crippen molar-refractivity contribution in [3.63, 3.8) is 0 Å². The van der Waals surface area contributed by atoms with Crippen LogP contribution in [-0.4, -0.2) is 38.8 Å². The predicted octanol–water partition coefficient (Wildman–Crippen LogP) is 3.76. The van der Waals surface area contributed by atoms with Gasteiger partial charge in [-0.15, -0.1) is 0 Å². The van der Waals surface area contributed by atoms with Gasteiger partial charge in [0.1, 0.15) is 17.7 Å². The lowest BCUT2D eigenvalue weighted by molar-refractivity contribution is 0.353. The number of hydrogen-bond donors (Lipinski definition) is 0. The summed E-state index contributed by atoms with van der Waals surface area (Å²) in [6.07, 6.45) is 2.97. The fourth-order valence-corrected chi connectivity index (χ4v) is 3.96. The topological polar surface area (TPSA) is 98.2 Å². The molecule has 1 aliphatic carbocycles. The van der Waals surface area contributed by atoms with Crippen molar-refractivity contribution in [3.8, 4) is 29.2 Å². The van der Waals surface area contributed by atoms with Gasteiger partial charge in [0, 0.05) is 11.8 Å². The molecule has 1 aliphatic rings. The fourth-order valence-electron chi connectivity index (χ4n) is 3.96. The van der Waals surface area contributed by atoms with Crippen molar-refractivity contribution < 1.29 is 22.6 Å². The quantitative estimate of drug-likeness (QED) is 0.455. The van der Waals surface area contributed by atoms with Gasteiger partial charge in [0.15, 0.2) is 5.65 Å². The smallest absolute Gasteiger partial charge is 0.319 e. The highest BCUT2D eigenvalue weighted by Crippen LogP contribution is 2.56. The van der Waals surface area contributed by atoms with Gasteiger partial charge in [0.2, 0.25) is 11.8 Å². The summed E-state index contributed by atoms with van der Waals surface area (Å²) in [6, 6.07) is 5.35. The summed E-state index contributed by atoms with van der Waals surface area (Å²) in [5, 5.41) is 13.2. The zero-order valence-corrected chi connectivity index (χ0v) is 17.4. The molecule has 5 rings (SSSR count). The molecule has 33 heavy (non-hydrogen) atoms. The van der Waals surface area contributed by atoms with Gasteiger partial charge >= 0.3 is 6.01 Å². The van der Waals surface area contributed by atoms with E-state index in [4.69, 9.17) is 14.7 Å². The van der Waals surface area contributed by atoms with Crippen molar-refractivity contribution in [1.82, 2.24) is 24.6 Å². The lowest BCUT2D eigenvalue weighted by Gasteiger charge is -2.11. The van der Waals surface area contributed by atoms with Crippen LogP contribution in [0.3, 0.4) is 0 Å². The highest BCUT2D eigenvalue weighted by Gasteiger charge is 2.43. The van der Waals surface area contributed by atoms with Crippen LogP contribution in [0.2, 0.25) is 0 Å². The minimum atomic E-state index is -0.785. The summed E-state index contributed by atoms with van der Waals surface area (Å²) in [6.45, 7) is 0. The number of ether oxygens (including phenoxy) is 2. The summed E-state index contributed by atoms with van der Waals surface area (Å²) in [5.41, 5.74) is 1.38. The lowest BCUT2D eigenvalue weighted by Crippen LogP contribution is -2.04. The second kappa shape index (κ2) is 7.74. The molecule has 1 unspecified atom stereocenters. The van der Waals surface area contributed by atoms with Crippen LogP contribution in [0.15, 0.2) is 30.6 Å². The third-order valence-electron chi connectivity index (χ3n) is 5.63. The standard InChI is InChI=1S/C22H15F3N6O2/c1-32-21-15(8-28-22(29-21)33-2)18-6-14(20-27-9-19(25)31(20)30-18)12-4-11(12)13-5-16(23)10(7-26)3-17(13)24/h3,5-6,8-9,11-12H,4H2,1-2H3/t11-,12?/m0/s1. The van der Waals surface area contributed by atoms with E-state index in [9.17, 15) is 13.2 Å². The van der Waals surface area contributed by atoms with Crippen LogP contribution in [0.5, 0.6) is 11.9 Å². The van der Waals surface area contributed by atoms with E-state index in [1.54, 1.807) is 12.1 Å². The lowest BCUT2D eigenvalue weighted by atomic mass is 10.0. The van der Waals surface area contributed by atoms with Gasteiger partial charge in [0.05, 0.1) is 37.2 Å². The number of hydrogen-bond acceptors (Lipinski definition) is 7. The molecular formula is C22H15F3N6O2. The molecule has 0 spiro atoms. The third-order valence-corrected chi connectivity index (χ3v) is 5.63.